The number of likely N-dealkylation sites (tertiary alicyclic amines) is 1. The lowest BCUT2D eigenvalue weighted by Gasteiger charge is -2.27. The Hall–Kier alpha value is -3.06. The van der Waals surface area contributed by atoms with Gasteiger partial charge in [-0.15, -0.1) is 0 Å². The Morgan fingerprint density at radius 3 is 2.24 bits per heavy atom. The number of esters is 1. The molecule has 2 aromatic carbocycles. The fraction of sp³-hybridized carbons (Fsp3) is 0.364. The molecule has 1 fully saturated rings. The number of hydrogen-bond donors (Lipinski definition) is 2. The standard InChI is InChI=1S/C22H26N4O3/c1-2-29-22(28)17-12-14-26(15-13-17)16-21(27)23-18-8-10-20(11-9-18)25-24-19-6-4-3-5-7-19/h3-11,17H,2,12-16H2,1H3,(H,23,27)/p+1. The van der Waals surface area contributed by atoms with Gasteiger partial charge in [0.2, 0.25) is 0 Å². The van der Waals surface area contributed by atoms with Gasteiger partial charge in [-0.2, -0.15) is 10.2 Å². The second-order valence-corrected chi connectivity index (χ2v) is 7.08. The molecule has 0 atom stereocenters. The molecular formula is C22H27N4O3+. The predicted octanol–water partition coefficient (Wildman–Crippen LogP) is 2.90. The zero-order valence-electron chi connectivity index (χ0n) is 16.6. The van der Waals surface area contributed by atoms with E-state index in [0.29, 0.717) is 13.2 Å². The summed E-state index contributed by atoms with van der Waals surface area (Å²) >= 11 is 0. The first-order valence-electron chi connectivity index (χ1n) is 10.0. The lowest BCUT2D eigenvalue weighted by molar-refractivity contribution is -0.897. The minimum Gasteiger partial charge on any atom is -0.466 e. The number of nitrogens with zero attached hydrogens (tertiary/aromatic N) is 2. The number of carbonyl (C=O) groups is 2. The van der Waals surface area contributed by atoms with Gasteiger partial charge in [0.05, 0.1) is 37.0 Å². The molecule has 3 rings (SSSR count). The maximum atomic E-state index is 12.3. The highest BCUT2D eigenvalue weighted by atomic mass is 16.5. The highest BCUT2D eigenvalue weighted by molar-refractivity contribution is 5.91. The monoisotopic (exact) mass is 395 g/mol. The molecule has 7 nitrogen and oxygen atoms in total. The van der Waals surface area contributed by atoms with Crippen molar-refractivity contribution in [3.63, 3.8) is 0 Å². The number of piperidine rings is 1. The number of amides is 1. The van der Waals surface area contributed by atoms with Crippen molar-refractivity contribution in [2.24, 2.45) is 16.1 Å². The summed E-state index contributed by atoms with van der Waals surface area (Å²) in [5.41, 5.74) is 2.24. The Bertz CT molecular complexity index is 829. The van der Waals surface area contributed by atoms with Gasteiger partial charge in [0, 0.05) is 18.5 Å². The molecule has 1 saturated heterocycles. The first-order chi connectivity index (χ1) is 14.1. The first-order valence-corrected chi connectivity index (χ1v) is 10.0. The first kappa shape index (κ1) is 20.7. The number of nitrogens with one attached hydrogen (secondary N) is 2. The quantitative estimate of drug-likeness (QED) is 0.558. The number of quaternary nitrogens is 1. The summed E-state index contributed by atoms with van der Waals surface area (Å²) in [5.74, 6) is -0.173. The lowest BCUT2D eigenvalue weighted by Crippen LogP contribution is -3.14. The van der Waals surface area contributed by atoms with E-state index in [0.717, 1.165) is 43.0 Å². The molecule has 1 aliphatic rings. The summed E-state index contributed by atoms with van der Waals surface area (Å²) in [6, 6.07) is 16.8. The van der Waals surface area contributed by atoms with Crippen molar-refractivity contribution in [2.75, 3.05) is 31.6 Å². The molecule has 152 valence electrons. The van der Waals surface area contributed by atoms with Crippen LogP contribution in [-0.4, -0.2) is 38.1 Å². The van der Waals surface area contributed by atoms with Crippen molar-refractivity contribution in [3.05, 3.63) is 54.6 Å². The van der Waals surface area contributed by atoms with Crippen LogP contribution in [0.3, 0.4) is 0 Å². The van der Waals surface area contributed by atoms with E-state index in [4.69, 9.17) is 4.74 Å². The van der Waals surface area contributed by atoms with Crippen molar-refractivity contribution < 1.29 is 19.2 Å². The summed E-state index contributed by atoms with van der Waals surface area (Å²) in [7, 11) is 0. The summed E-state index contributed by atoms with van der Waals surface area (Å²) < 4.78 is 5.09. The van der Waals surface area contributed by atoms with Gasteiger partial charge < -0.3 is 15.0 Å². The van der Waals surface area contributed by atoms with E-state index < -0.39 is 0 Å². The van der Waals surface area contributed by atoms with Crippen molar-refractivity contribution in [1.29, 1.82) is 0 Å². The normalized spacial score (nSPS) is 19.1. The Balaban J connectivity index is 1.44. The van der Waals surface area contributed by atoms with Crippen LogP contribution in [0.5, 0.6) is 0 Å². The minimum atomic E-state index is -0.111. The molecule has 0 aliphatic carbocycles. The molecular weight excluding hydrogens is 368 g/mol. The fourth-order valence-corrected chi connectivity index (χ4v) is 3.35. The second kappa shape index (κ2) is 10.5. The van der Waals surface area contributed by atoms with Crippen LogP contribution in [0.1, 0.15) is 19.8 Å². The van der Waals surface area contributed by atoms with E-state index in [1.165, 1.54) is 4.90 Å². The molecule has 29 heavy (non-hydrogen) atoms. The zero-order valence-corrected chi connectivity index (χ0v) is 16.6. The van der Waals surface area contributed by atoms with E-state index in [1.807, 2.05) is 61.5 Å². The van der Waals surface area contributed by atoms with Gasteiger partial charge in [0.15, 0.2) is 6.54 Å². The predicted molar refractivity (Wildman–Crippen MR) is 111 cm³/mol. The summed E-state index contributed by atoms with van der Waals surface area (Å²) in [4.78, 5) is 25.3. The van der Waals surface area contributed by atoms with Gasteiger partial charge in [-0.25, -0.2) is 0 Å². The number of anilines is 1. The summed E-state index contributed by atoms with van der Waals surface area (Å²) in [6.45, 7) is 4.23. The van der Waals surface area contributed by atoms with E-state index in [9.17, 15) is 9.59 Å². The van der Waals surface area contributed by atoms with Crippen LogP contribution < -0.4 is 10.2 Å². The minimum absolute atomic E-state index is 0.0284. The number of hydrogen-bond acceptors (Lipinski definition) is 5. The van der Waals surface area contributed by atoms with E-state index in [-0.39, 0.29) is 17.8 Å². The van der Waals surface area contributed by atoms with Gasteiger partial charge in [-0.3, -0.25) is 9.59 Å². The third-order valence-corrected chi connectivity index (χ3v) is 4.91. The smallest absolute Gasteiger partial charge is 0.309 e. The molecule has 0 bridgehead atoms. The SMILES string of the molecule is CCOC(=O)C1CC[NH+](CC(=O)Nc2ccc(N=Nc3ccccc3)cc2)CC1. The van der Waals surface area contributed by atoms with Crippen molar-refractivity contribution in [3.8, 4) is 0 Å². The van der Waals surface area contributed by atoms with Crippen LogP contribution in [0, 0.1) is 5.92 Å². The Kier molecular flexibility index (Phi) is 7.47. The third kappa shape index (κ3) is 6.50. The van der Waals surface area contributed by atoms with Crippen LogP contribution in [0.4, 0.5) is 17.1 Å². The molecule has 0 saturated carbocycles. The summed E-state index contributed by atoms with van der Waals surface area (Å²) in [5, 5.41) is 11.3. The maximum absolute atomic E-state index is 12.3. The van der Waals surface area contributed by atoms with Crippen LogP contribution in [0.25, 0.3) is 0 Å². The molecule has 2 N–H and O–H groups in total. The molecule has 1 heterocycles. The van der Waals surface area contributed by atoms with E-state index >= 15 is 0 Å². The van der Waals surface area contributed by atoms with Crippen molar-refractivity contribution in [2.45, 2.75) is 19.8 Å². The molecule has 1 amide bonds. The zero-order chi connectivity index (χ0) is 20.5. The van der Waals surface area contributed by atoms with Crippen LogP contribution >= 0.6 is 0 Å². The van der Waals surface area contributed by atoms with Gasteiger partial charge in [-0.05, 0) is 43.3 Å². The Labute approximate surface area is 170 Å². The van der Waals surface area contributed by atoms with Crippen molar-refractivity contribution >= 4 is 28.9 Å². The third-order valence-electron chi connectivity index (χ3n) is 4.91. The van der Waals surface area contributed by atoms with Crippen LogP contribution in [-0.2, 0) is 14.3 Å². The number of ether oxygens (including phenoxy) is 1. The topological polar surface area (TPSA) is 84.6 Å². The maximum Gasteiger partial charge on any atom is 0.309 e. The molecule has 0 aromatic heterocycles. The van der Waals surface area contributed by atoms with E-state index in [1.54, 1.807) is 0 Å². The second-order valence-electron chi connectivity index (χ2n) is 7.08. The molecule has 0 radical (unpaired) electrons. The van der Waals surface area contributed by atoms with Crippen LogP contribution in [0.2, 0.25) is 0 Å². The Morgan fingerprint density at radius 1 is 1.00 bits per heavy atom. The highest BCUT2D eigenvalue weighted by Crippen LogP contribution is 2.20. The lowest BCUT2D eigenvalue weighted by atomic mass is 9.97. The molecule has 7 heteroatoms. The van der Waals surface area contributed by atoms with Gasteiger partial charge in [0.1, 0.15) is 0 Å². The summed E-state index contributed by atoms with van der Waals surface area (Å²) in [6.07, 6.45) is 1.53. The largest absolute Gasteiger partial charge is 0.466 e. The van der Waals surface area contributed by atoms with Gasteiger partial charge in [-0.1, -0.05) is 18.2 Å². The average Bonchev–Trinajstić information content (AvgIpc) is 2.74. The molecule has 2 aromatic rings. The van der Waals surface area contributed by atoms with Crippen molar-refractivity contribution in [1.82, 2.24) is 0 Å². The van der Waals surface area contributed by atoms with Gasteiger partial charge in [0.25, 0.3) is 5.91 Å². The number of carbonyl (C=O) groups excluding carboxylic acids is 2. The highest BCUT2D eigenvalue weighted by Gasteiger charge is 2.29. The molecule has 1 aliphatic heterocycles. The number of rotatable bonds is 7. The van der Waals surface area contributed by atoms with E-state index in [2.05, 4.69) is 15.5 Å². The average molecular weight is 395 g/mol. The number of azo groups is 1. The van der Waals surface area contributed by atoms with Crippen LogP contribution in [0.15, 0.2) is 64.8 Å². The molecule has 0 spiro atoms. The fourth-order valence-electron chi connectivity index (χ4n) is 3.35. The number of benzene rings is 2. The molecule has 0 unspecified atom stereocenters. The van der Waals surface area contributed by atoms with Gasteiger partial charge >= 0.3 is 5.97 Å². The Morgan fingerprint density at radius 2 is 1.62 bits per heavy atom.